The van der Waals surface area contributed by atoms with E-state index in [1.807, 2.05) is 0 Å². The van der Waals surface area contributed by atoms with Crippen LogP contribution in [0.4, 0.5) is 10.6 Å². The van der Waals surface area contributed by atoms with Crippen molar-refractivity contribution in [1.82, 2.24) is 9.78 Å². The Morgan fingerprint density at radius 1 is 1.38 bits per heavy atom. The molecule has 2 aromatic carbocycles. The minimum absolute atomic E-state index is 0.200. The summed E-state index contributed by atoms with van der Waals surface area (Å²) in [6.45, 7) is 1.89. The van der Waals surface area contributed by atoms with Gasteiger partial charge in [-0.15, -0.1) is 5.10 Å². The van der Waals surface area contributed by atoms with Crippen LogP contribution in [0.2, 0.25) is 5.02 Å². The molecule has 1 N–H and O–H groups in total. The summed E-state index contributed by atoms with van der Waals surface area (Å²) in [5, 5.41) is 16.7. The average molecular weight is 369 g/mol. The molecule has 0 fully saturated rings. The first-order valence-corrected chi connectivity index (χ1v) is 8.07. The molecule has 3 rings (SSSR count). The standard InChI is InChI=1S/C18H13ClN4O3/c1-2-26-18(25)23-16-6-4-12(8-14(16)17(22-23)21-10-24)13-7-11(9-20)3-5-15(13)19/h3-8,10H,2H2,1H3,(H,21,22,24). The van der Waals surface area contributed by atoms with Crippen molar-refractivity contribution in [3.05, 3.63) is 47.0 Å². The molecule has 0 aliphatic carbocycles. The molecule has 0 atom stereocenters. The van der Waals surface area contributed by atoms with Crippen molar-refractivity contribution in [3.8, 4) is 17.2 Å². The molecule has 0 aliphatic rings. The molecular formula is C18H13ClN4O3. The van der Waals surface area contributed by atoms with Gasteiger partial charge in [-0.25, -0.2) is 4.79 Å². The quantitative estimate of drug-likeness (QED) is 0.706. The number of fused-ring (bicyclic) bond motifs is 1. The van der Waals surface area contributed by atoms with E-state index in [0.717, 1.165) is 10.2 Å². The summed E-state index contributed by atoms with van der Waals surface area (Å²) in [5.74, 6) is 0.220. The number of benzene rings is 2. The lowest BCUT2D eigenvalue weighted by Crippen LogP contribution is -2.15. The number of hydrogen-bond acceptors (Lipinski definition) is 5. The first-order valence-electron chi connectivity index (χ1n) is 7.69. The molecule has 7 nitrogen and oxygen atoms in total. The maximum absolute atomic E-state index is 12.1. The Bertz CT molecular complexity index is 1050. The van der Waals surface area contributed by atoms with Crippen molar-refractivity contribution >= 4 is 40.8 Å². The molecule has 0 unspecified atom stereocenters. The Morgan fingerprint density at radius 2 is 2.19 bits per heavy atom. The fourth-order valence-electron chi connectivity index (χ4n) is 2.59. The molecule has 26 heavy (non-hydrogen) atoms. The zero-order valence-electron chi connectivity index (χ0n) is 13.7. The second-order valence-electron chi connectivity index (χ2n) is 5.26. The Morgan fingerprint density at radius 3 is 2.88 bits per heavy atom. The average Bonchev–Trinajstić information content (AvgIpc) is 3.01. The molecule has 8 heteroatoms. The third kappa shape index (κ3) is 3.10. The third-order valence-electron chi connectivity index (χ3n) is 3.72. The summed E-state index contributed by atoms with van der Waals surface area (Å²) in [6.07, 6.45) is -0.165. The Balaban J connectivity index is 2.20. The van der Waals surface area contributed by atoms with Crippen LogP contribution in [0.1, 0.15) is 12.5 Å². The number of nitriles is 1. The van der Waals surface area contributed by atoms with Crippen LogP contribution < -0.4 is 5.32 Å². The van der Waals surface area contributed by atoms with Crippen molar-refractivity contribution < 1.29 is 14.3 Å². The van der Waals surface area contributed by atoms with E-state index in [1.165, 1.54) is 0 Å². The lowest BCUT2D eigenvalue weighted by atomic mass is 10.0. The van der Waals surface area contributed by atoms with Crippen molar-refractivity contribution in [2.75, 3.05) is 11.9 Å². The predicted octanol–water partition coefficient (Wildman–Crippen LogP) is 3.80. The van der Waals surface area contributed by atoms with Gasteiger partial charge in [0.25, 0.3) is 0 Å². The SMILES string of the molecule is CCOC(=O)n1nc(NC=O)c2cc(-c3cc(C#N)ccc3Cl)ccc21. The van der Waals surface area contributed by atoms with Gasteiger partial charge in [-0.05, 0) is 42.8 Å². The molecule has 0 saturated carbocycles. The lowest BCUT2D eigenvalue weighted by molar-refractivity contribution is -0.105. The summed E-state index contributed by atoms with van der Waals surface area (Å²) in [6, 6.07) is 12.2. The summed E-state index contributed by atoms with van der Waals surface area (Å²) in [5.41, 5.74) is 2.33. The van der Waals surface area contributed by atoms with Gasteiger partial charge in [0, 0.05) is 16.0 Å². The van der Waals surface area contributed by atoms with Gasteiger partial charge in [0.05, 0.1) is 23.8 Å². The zero-order chi connectivity index (χ0) is 18.7. The van der Waals surface area contributed by atoms with Crippen molar-refractivity contribution in [2.24, 2.45) is 0 Å². The van der Waals surface area contributed by atoms with Crippen LogP contribution in [0.3, 0.4) is 0 Å². The molecule has 1 amide bonds. The van der Waals surface area contributed by atoms with Gasteiger partial charge in [0.2, 0.25) is 6.41 Å². The Labute approximate surface area is 153 Å². The number of carbonyl (C=O) groups is 2. The smallest absolute Gasteiger partial charge is 0.435 e. The number of ether oxygens (including phenoxy) is 1. The van der Waals surface area contributed by atoms with Gasteiger partial charge in [0.15, 0.2) is 5.82 Å². The van der Waals surface area contributed by atoms with E-state index in [1.54, 1.807) is 43.3 Å². The van der Waals surface area contributed by atoms with Crippen molar-refractivity contribution in [2.45, 2.75) is 6.92 Å². The summed E-state index contributed by atoms with van der Waals surface area (Å²) in [7, 11) is 0. The van der Waals surface area contributed by atoms with Crippen LogP contribution >= 0.6 is 11.6 Å². The number of rotatable bonds is 4. The summed E-state index contributed by atoms with van der Waals surface area (Å²) in [4.78, 5) is 23.0. The maximum atomic E-state index is 12.1. The van der Waals surface area contributed by atoms with E-state index >= 15 is 0 Å². The fourth-order valence-corrected chi connectivity index (χ4v) is 2.81. The third-order valence-corrected chi connectivity index (χ3v) is 4.05. The van der Waals surface area contributed by atoms with E-state index in [2.05, 4.69) is 16.5 Å². The van der Waals surface area contributed by atoms with Crippen molar-refractivity contribution in [3.63, 3.8) is 0 Å². The molecule has 1 aromatic heterocycles. The topological polar surface area (TPSA) is 97.0 Å². The second kappa shape index (κ2) is 7.25. The van der Waals surface area contributed by atoms with E-state index in [-0.39, 0.29) is 12.4 Å². The number of halogens is 1. The van der Waals surface area contributed by atoms with E-state index in [0.29, 0.717) is 33.5 Å². The molecule has 0 spiro atoms. The fraction of sp³-hybridized carbons (Fsp3) is 0.111. The van der Waals surface area contributed by atoms with Gasteiger partial charge in [-0.2, -0.15) is 9.94 Å². The Hall–Kier alpha value is -3.37. The van der Waals surface area contributed by atoms with Crippen LogP contribution in [0, 0.1) is 11.3 Å². The monoisotopic (exact) mass is 368 g/mol. The molecule has 3 aromatic rings. The highest BCUT2D eigenvalue weighted by Crippen LogP contribution is 2.33. The van der Waals surface area contributed by atoms with Gasteiger partial charge in [-0.3, -0.25) is 4.79 Å². The molecule has 130 valence electrons. The number of aromatic nitrogens is 2. The minimum atomic E-state index is -0.645. The van der Waals surface area contributed by atoms with E-state index in [4.69, 9.17) is 21.6 Å². The highest BCUT2D eigenvalue weighted by molar-refractivity contribution is 6.33. The predicted molar refractivity (Wildman–Crippen MR) is 97.0 cm³/mol. The van der Waals surface area contributed by atoms with Gasteiger partial charge in [0.1, 0.15) is 0 Å². The van der Waals surface area contributed by atoms with Gasteiger partial charge in [-0.1, -0.05) is 17.7 Å². The molecule has 0 radical (unpaired) electrons. The van der Waals surface area contributed by atoms with Crippen LogP contribution in [0.5, 0.6) is 0 Å². The number of carbonyl (C=O) groups excluding carboxylic acids is 2. The first-order chi connectivity index (χ1) is 12.6. The van der Waals surface area contributed by atoms with Gasteiger partial charge < -0.3 is 10.1 Å². The highest BCUT2D eigenvalue weighted by Gasteiger charge is 2.17. The summed E-state index contributed by atoms with van der Waals surface area (Å²) >= 11 is 6.26. The van der Waals surface area contributed by atoms with E-state index in [9.17, 15) is 9.59 Å². The van der Waals surface area contributed by atoms with Crippen LogP contribution in [-0.2, 0) is 9.53 Å². The largest absolute Gasteiger partial charge is 0.448 e. The Kier molecular flexibility index (Phi) is 4.87. The van der Waals surface area contributed by atoms with Gasteiger partial charge >= 0.3 is 6.09 Å². The highest BCUT2D eigenvalue weighted by atomic mass is 35.5. The number of nitrogens with one attached hydrogen (secondary N) is 1. The zero-order valence-corrected chi connectivity index (χ0v) is 14.4. The number of nitrogens with zero attached hydrogens (tertiary/aromatic N) is 3. The van der Waals surface area contributed by atoms with Crippen LogP contribution in [0.15, 0.2) is 36.4 Å². The number of anilines is 1. The molecule has 0 aliphatic heterocycles. The van der Waals surface area contributed by atoms with Crippen LogP contribution in [0.25, 0.3) is 22.0 Å². The number of hydrogen-bond donors (Lipinski definition) is 1. The lowest BCUT2D eigenvalue weighted by Gasteiger charge is -2.06. The number of amides is 1. The molecular weight excluding hydrogens is 356 g/mol. The first kappa shape index (κ1) is 17.5. The molecule has 0 bridgehead atoms. The molecule has 1 heterocycles. The normalized spacial score (nSPS) is 10.3. The second-order valence-corrected chi connectivity index (χ2v) is 5.67. The summed E-state index contributed by atoms with van der Waals surface area (Å²) < 4.78 is 6.07. The van der Waals surface area contributed by atoms with Crippen LogP contribution in [-0.4, -0.2) is 28.9 Å². The molecule has 0 saturated heterocycles. The van der Waals surface area contributed by atoms with Crippen molar-refractivity contribution in [1.29, 1.82) is 5.26 Å². The van der Waals surface area contributed by atoms with E-state index < -0.39 is 6.09 Å². The maximum Gasteiger partial charge on any atom is 0.435 e. The minimum Gasteiger partial charge on any atom is -0.448 e.